The lowest BCUT2D eigenvalue weighted by Crippen LogP contribution is -2.40. The van der Waals surface area contributed by atoms with E-state index in [4.69, 9.17) is 0 Å². The maximum absolute atomic E-state index is 3.53. The Morgan fingerprint density at radius 3 is 2.71 bits per heavy atom. The molecule has 3 rings (SSSR count). The predicted molar refractivity (Wildman–Crippen MR) is 92.1 cm³/mol. The lowest BCUT2D eigenvalue weighted by Gasteiger charge is -2.33. The van der Waals surface area contributed by atoms with Crippen molar-refractivity contribution in [1.29, 1.82) is 0 Å². The summed E-state index contributed by atoms with van der Waals surface area (Å²) in [6, 6.07) is 11.7. The van der Waals surface area contributed by atoms with Gasteiger partial charge < -0.3 is 5.32 Å². The molecule has 3 atom stereocenters. The molecular weight excluding hydrogens is 280 g/mol. The number of likely N-dealkylation sites (tertiary alicyclic amines) is 1. The highest BCUT2D eigenvalue weighted by molar-refractivity contribution is 5.85. The van der Waals surface area contributed by atoms with Crippen LogP contribution in [-0.4, -0.2) is 37.1 Å². The Bertz CT molecular complexity index is 428. The van der Waals surface area contributed by atoms with Gasteiger partial charge in [-0.1, -0.05) is 37.3 Å². The van der Waals surface area contributed by atoms with Crippen molar-refractivity contribution in [3.63, 3.8) is 0 Å². The van der Waals surface area contributed by atoms with E-state index in [1.165, 1.54) is 51.0 Å². The van der Waals surface area contributed by atoms with Crippen LogP contribution in [0.1, 0.15) is 32.3 Å². The quantitative estimate of drug-likeness (QED) is 0.917. The Kier molecular flexibility index (Phi) is 5.70. The third kappa shape index (κ3) is 4.00. The lowest BCUT2D eigenvalue weighted by molar-refractivity contribution is 0.160. The number of hydrogen-bond donors (Lipinski definition) is 1. The van der Waals surface area contributed by atoms with Gasteiger partial charge in [0, 0.05) is 19.1 Å². The summed E-state index contributed by atoms with van der Waals surface area (Å²) in [6.45, 7) is 9.84. The van der Waals surface area contributed by atoms with Crippen LogP contribution in [0, 0.1) is 11.3 Å². The maximum atomic E-state index is 3.53. The fourth-order valence-electron chi connectivity index (χ4n) is 3.98. The van der Waals surface area contributed by atoms with Gasteiger partial charge in [0.25, 0.3) is 0 Å². The van der Waals surface area contributed by atoms with Crippen molar-refractivity contribution in [2.24, 2.45) is 11.3 Å². The SMILES string of the molecule is CC1C(Cc2ccccc2)CCN1CC1(C)CCNC1.Cl. The van der Waals surface area contributed by atoms with Gasteiger partial charge in [0.2, 0.25) is 0 Å². The van der Waals surface area contributed by atoms with Crippen LogP contribution in [0.2, 0.25) is 0 Å². The van der Waals surface area contributed by atoms with Gasteiger partial charge in [-0.2, -0.15) is 0 Å². The molecule has 0 aliphatic carbocycles. The molecule has 0 spiro atoms. The molecule has 0 aromatic heterocycles. The third-order valence-electron chi connectivity index (χ3n) is 5.43. The highest BCUT2D eigenvalue weighted by atomic mass is 35.5. The van der Waals surface area contributed by atoms with Gasteiger partial charge in [-0.15, -0.1) is 12.4 Å². The first-order valence-electron chi connectivity index (χ1n) is 8.15. The Morgan fingerprint density at radius 2 is 2.05 bits per heavy atom. The summed E-state index contributed by atoms with van der Waals surface area (Å²) in [4.78, 5) is 2.74. The Hall–Kier alpha value is -0.570. The second-order valence-electron chi connectivity index (χ2n) is 7.19. The second-order valence-corrected chi connectivity index (χ2v) is 7.19. The van der Waals surface area contributed by atoms with Gasteiger partial charge in [-0.25, -0.2) is 0 Å². The highest BCUT2D eigenvalue weighted by Gasteiger charge is 2.37. The molecule has 2 aliphatic heterocycles. The molecule has 0 amide bonds. The molecule has 0 radical (unpaired) electrons. The van der Waals surface area contributed by atoms with Crippen molar-refractivity contribution in [1.82, 2.24) is 10.2 Å². The van der Waals surface area contributed by atoms with E-state index in [-0.39, 0.29) is 12.4 Å². The maximum Gasteiger partial charge on any atom is 0.00990 e. The molecule has 1 N–H and O–H groups in total. The molecule has 1 aromatic rings. The molecular formula is C18H29ClN2. The molecule has 2 heterocycles. The minimum atomic E-state index is 0. The monoisotopic (exact) mass is 308 g/mol. The van der Waals surface area contributed by atoms with E-state index in [9.17, 15) is 0 Å². The van der Waals surface area contributed by atoms with E-state index < -0.39 is 0 Å². The summed E-state index contributed by atoms with van der Waals surface area (Å²) in [5, 5.41) is 3.53. The number of nitrogens with zero attached hydrogens (tertiary/aromatic N) is 1. The number of benzene rings is 1. The molecule has 0 bridgehead atoms. The van der Waals surface area contributed by atoms with Crippen LogP contribution in [0.25, 0.3) is 0 Å². The summed E-state index contributed by atoms with van der Waals surface area (Å²) in [5.74, 6) is 0.829. The third-order valence-corrected chi connectivity index (χ3v) is 5.43. The standard InChI is InChI=1S/C18H28N2.ClH/c1-15-17(12-16-6-4-3-5-7-16)8-11-20(15)14-18(2)9-10-19-13-18;/h3-7,15,17,19H,8-14H2,1-2H3;1H. The van der Waals surface area contributed by atoms with Crippen molar-refractivity contribution < 1.29 is 0 Å². The van der Waals surface area contributed by atoms with E-state index in [0.29, 0.717) is 5.41 Å². The number of halogens is 1. The first-order valence-corrected chi connectivity index (χ1v) is 8.15. The Labute approximate surface area is 135 Å². The molecule has 21 heavy (non-hydrogen) atoms. The van der Waals surface area contributed by atoms with Gasteiger partial charge in [0.05, 0.1) is 0 Å². The largest absolute Gasteiger partial charge is 0.316 e. The molecule has 2 saturated heterocycles. The highest BCUT2D eigenvalue weighted by Crippen LogP contribution is 2.33. The first-order chi connectivity index (χ1) is 9.66. The van der Waals surface area contributed by atoms with Crippen LogP contribution in [0.4, 0.5) is 0 Å². The molecule has 2 aliphatic rings. The summed E-state index contributed by atoms with van der Waals surface area (Å²) in [7, 11) is 0. The van der Waals surface area contributed by atoms with Gasteiger partial charge >= 0.3 is 0 Å². The van der Waals surface area contributed by atoms with E-state index >= 15 is 0 Å². The summed E-state index contributed by atoms with van der Waals surface area (Å²) in [5.41, 5.74) is 2.00. The van der Waals surface area contributed by atoms with Crippen molar-refractivity contribution >= 4 is 12.4 Å². The second kappa shape index (κ2) is 7.13. The van der Waals surface area contributed by atoms with Crippen molar-refractivity contribution in [3.8, 4) is 0 Å². The fraction of sp³-hybridized carbons (Fsp3) is 0.667. The average molecular weight is 309 g/mol. The number of rotatable bonds is 4. The van der Waals surface area contributed by atoms with Gasteiger partial charge in [0.1, 0.15) is 0 Å². The topological polar surface area (TPSA) is 15.3 Å². The van der Waals surface area contributed by atoms with Crippen LogP contribution in [0.15, 0.2) is 30.3 Å². The molecule has 2 fully saturated rings. The molecule has 2 nitrogen and oxygen atoms in total. The van der Waals surface area contributed by atoms with E-state index in [0.717, 1.165) is 12.0 Å². The first kappa shape index (κ1) is 16.8. The van der Waals surface area contributed by atoms with Crippen LogP contribution in [-0.2, 0) is 6.42 Å². The fourth-order valence-corrected chi connectivity index (χ4v) is 3.98. The van der Waals surface area contributed by atoms with Gasteiger partial charge in [-0.05, 0) is 56.2 Å². The number of hydrogen-bond acceptors (Lipinski definition) is 2. The van der Waals surface area contributed by atoms with Crippen LogP contribution >= 0.6 is 12.4 Å². The zero-order valence-electron chi connectivity index (χ0n) is 13.3. The average Bonchev–Trinajstić information content (AvgIpc) is 3.01. The van der Waals surface area contributed by atoms with Gasteiger partial charge in [0.15, 0.2) is 0 Å². The van der Waals surface area contributed by atoms with Crippen LogP contribution < -0.4 is 5.32 Å². The molecule has 0 saturated carbocycles. The van der Waals surface area contributed by atoms with Crippen molar-refractivity contribution in [2.75, 3.05) is 26.2 Å². The minimum absolute atomic E-state index is 0. The molecule has 1 aromatic carbocycles. The zero-order valence-corrected chi connectivity index (χ0v) is 14.2. The molecule has 118 valence electrons. The van der Waals surface area contributed by atoms with E-state index in [1.807, 2.05) is 0 Å². The van der Waals surface area contributed by atoms with E-state index in [1.54, 1.807) is 0 Å². The van der Waals surface area contributed by atoms with Crippen LogP contribution in [0.5, 0.6) is 0 Å². The number of nitrogens with one attached hydrogen (secondary N) is 1. The zero-order chi connectivity index (χ0) is 14.0. The summed E-state index contributed by atoms with van der Waals surface area (Å²) < 4.78 is 0. The Balaban J connectivity index is 0.00000161. The van der Waals surface area contributed by atoms with Crippen molar-refractivity contribution in [2.45, 2.75) is 39.2 Å². The summed E-state index contributed by atoms with van der Waals surface area (Å²) in [6.07, 6.45) is 3.94. The predicted octanol–water partition coefficient (Wildman–Crippen LogP) is 3.36. The smallest absolute Gasteiger partial charge is 0.00990 e. The molecule has 3 heteroatoms. The normalized spacial score (nSPS) is 33.0. The molecule has 3 unspecified atom stereocenters. The van der Waals surface area contributed by atoms with E-state index in [2.05, 4.69) is 54.4 Å². The summed E-state index contributed by atoms with van der Waals surface area (Å²) >= 11 is 0. The van der Waals surface area contributed by atoms with Gasteiger partial charge in [-0.3, -0.25) is 4.90 Å². The van der Waals surface area contributed by atoms with Crippen molar-refractivity contribution in [3.05, 3.63) is 35.9 Å². The minimum Gasteiger partial charge on any atom is -0.316 e. The Morgan fingerprint density at radius 1 is 1.29 bits per heavy atom. The van der Waals surface area contributed by atoms with Crippen LogP contribution in [0.3, 0.4) is 0 Å². The lowest BCUT2D eigenvalue weighted by atomic mass is 9.88.